The van der Waals surface area contributed by atoms with Crippen LogP contribution in [-0.4, -0.2) is 243 Å². The van der Waals surface area contributed by atoms with E-state index in [-0.39, 0.29) is 112 Å². The summed E-state index contributed by atoms with van der Waals surface area (Å²) in [6, 6.07) is 13.9. The smallest absolute Gasteiger partial charge is 0.326 e. The molecule has 0 saturated carbocycles. The summed E-state index contributed by atoms with van der Waals surface area (Å²) < 4.78 is 54.2. The van der Waals surface area contributed by atoms with Crippen LogP contribution in [0.4, 0.5) is 8.78 Å². The van der Waals surface area contributed by atoms with E-state index in [1.165, 1.54) is 28.4 Å². The third kappa shape index (κ3) is 23.1. The molecule has 104 heavy (non-hydrogen) atoms. The number of halogens is 2. The van der Waals surface area contributed by atoms with Gasteiger partial charge in [0.05, 0.1) is 73.3 Å². The average molecular weight is 1470 g/mol. The quantitative estimate of drug-likeness (QED) is 0.0381. The van der Waals surface area contributed by atoms with Crippen molar-refractivity contribution in [2.45, 2.75) is 231 Å². The zero-order chi connectivity index (χ0) is 77.5. The molecule has 4 heterocycles. The molecule has 0 bridgehead atoms. The molecule has 6 amide bonds. The number of likely N-dealkylation sites (tertiary alicyclic amines) is 2. The summed E-state index contributed by atoms with van der Waals surface area (Å²) in [5, 5.41) is 30.8. The Morgan fingerprint density at radius 1 is 0.538 bits per heavy atom. The second-order valence-electron chi connectivity index (χ2n) is 30.1. The van der Waals surface area contributed by atoms with Gasteiger partial charge in [-0.05, 0) is 73.6 Å². The molecule has 4 aliphatic rings. The van der Waals surface area contributed by atoms with Crippen molar-refractivity contribution in [3.05, 3.63) is 71.8 Å². The Morgan fingerprint density at radius 2 is 0.875 bits per heavy atom. The highest BCUT2D eigenvalue weighted by atomic mass is 19.1. The summed E-state index contributed by atoms with van der Waals surface area (Å²) in [6.45, 7) is 20.3. The standard InChI is InChI=1S/2C39H61FN4O8/c2*1-9-25(4)34(43(6)37(48)28(24(2)3)21-32(45)39(40)17-18-41-23-39)31(51-7)22-33(46)44-19-13-16-30(44)35(52-8)26(5)36(47)42-29(38(49)50)20-27-14-11-10-12-15-27/h2*10-12,14-15,24-26,28-31,34-35,41H,9,13,16-23H2,1-8H3,(H,42,47)(H,49,50)/t25-,26+,28-,29-,30-,31+,34-,35+,39+;25-,26+,28-,29-,30-,31+,34-,35+,39-/m00/s1. The Morgan fingerprint density at radius 3 is 1.14 bits per heavy atom. The minimum absolute atomic E-state index is 0.0423. The average Bonchev–Trinajstić information content (AvgIpc) is 1.30. The predicted octanol–water partition coefficient (Wildman–Crippen LogP) is 7.30. The van der Waals surface area contributed by atoms with Crippen LogP contribution in [0.25, 0.3) is 0 Å². The number of Topliss-reactive ketones (excluding diaryl/α,β-unsaturated/α-hetero) is 2. The van der Waals surface area contributed by atoms with Crippen LogP contribution in [0.3, 0.4) is 0 Å². The topological polar surface area (TPSA) is 309 Å². The van der Waals surface area contributed by atoms with Gasteiger partial charge in [-0.25, -0.2) is 18.4 Å². The second-order valence-corrected chi connectivity index (χ2v) is 30.1. The third-order valence-corrected chi connectivity index (χ3v) is 22.6. The van der Waals surface area contributed by atoms with Crippen molar-refractivity contribution in [2.75, 3.05) is 81.8 Å². The number of methoxy groups -OCH3 is 4. The second kappa shape index (κ2) is 41.3. The van der Waals surface area contributed by atoms with E-state index in [0.29, 0.717) is 64.7 Å². The molecular weight excluding hydrogens is 1340 g/mol. The summed E-state index contributed by atoms with van der Waals surface area (Å²) in [5.41, 5.74) is -2.41. The normalized spacial score (nSPS) is 23.0. The molecule has 0 spiro atoms. The van der Waals surface area contributed by atoms with Gasteiger partial charge < -0.3 is 70.0 Å². The van der Waals surface area contributed by atoms with E-state index in [2.05, 4.69) is 21.3 Å². The lowest BCUT2D eigenvalue weighted by molar-refractivity contribution is -0.150. The number of ketones is 2. The van der Waals surface area contributed by atoms with Gasteiger partial charge in [-0.15, -0.1) is 0 Å². The van der Waals surface area contributed by atoms with Gasteiger partial charge in [-0.1, -0.05) is 143 Å². The molecule has 2 aromatic rings. The van der Waals surface area contributed by atoms with Crippen LogP contribution >= 0.6 is 0 Å². The first-order valence-electron chi connectivity index (χ1n) is 37.4. The lowest BCUT2D eigenvalue weighted by Gasteiger charge is -2.41. The molecule has 4 fully saturated rings. The fraction of sp³-hybridized carbons (Fsp3) is 0.718. The molecule has 6 N–H and O–H groups in total. The maximum atomic E-state index is 15.3. The van der Waals surface area contributed by atoms with Gasteiger partial charge in [-0.3, -0.25) is 38.4 Å². The van der Waals surface area contributed by atoms with E-state index < -0.39 is 131 Å². The number of hydrogen-bond donors (Lipinski definition) is 6. The van der Waals surface area contributed by atoms with E-state index in [9.17, 15) is 58.2 Å². The van der Waals surface area contributed by atoms with E-state index in [1.54, 1.807) is 71.8 Å². The highest BCUT2D eigenvalue weighted by molar-refractivity contribution is 5.94. The van der Waals surface area contributed by atoms with Crippen molar-refractivity contribution in [1.82, 2.24) is 40.9 Å². The number of nitrogens with zero attached hydrogens (tertiary/aromatic N) is 4. The van der Waals surface area contributed by atoms with Gasteiger partial charge >= 0.3 is 11.9 Å². The highest BCUT2D eigenvalue weighted by Crippen LogP contribution is 2.36. The van der Waals surface area contributed by atoms with Crippen LogP contribution in [0.1, 0.15) is 157 Å². The summed E-state index contributed by atoms with van der Waals surface area (Å²) in [5.74, 6) is -9.03. The first kappa shape index (κ1) is 87.8. The lowest BCUT2D eigenvalue weighted by Crippen LogP contribution is -2.55. The minimum Gasteiger partial charge on any atom is -0.480 e. The number of likely N-dealkylation sites (N-methyl/N-ethyl adjacent to an activating group) is 2. The van der Waals surface area contributed by atoms with Gasteiger partial charge in [0.15, 0.2) is 22.9 Å². The minimum atomic E-state index is -1.98. The Balaban J connectivity index is 0.000000374. The Labute approximate surface area is 615 Å². The molecule has 26 heteroatoms. The Hall–Kier alpha value is -6.84. The van der Waals surface area contributed by atoms with Crippen LogP contribution in [0.15, 0.2) is 60.7 Å². The first-order valence-corrected chi connectivity index (χ1v) is 37.4. The zero-order valence-corrected chi connectivity index (χ0v) is 64.5. The largest absolute Gasteiger partial charge is 0.480 e. The van der Waals surface area contributed by atoms with E-state index in [0.717, 1.165) is 11.1 Å². The lowest BCUT2D eigenvalue weighted by atomic mass is 9.83. The first-order chi connectivity index (χ1) is 49.2. The van der Waals surface area contributed by atoms with Crippen LogP contribution < -0.4 is 21.3 Å². The Bertz CT molecular complexity index is 2920. The molecule has 0 aromatic heterocycles. The van der Waals surface area contributed by atoms with Gasteiger partial charge in [0.25, 0.3) is 0 Å². The van der Waals surface area contributed by atoms with Crippen LogP contribution in [0.5, 0.6) is 0 Å². The number of ether oxygens (including phenoxy) is 4. The van der Waals surface area contributed by atoms with Crippen LogP contribution in [-0.2, 0) is 79.7 Å². The van der Waals surface area contributed by atoms with Gasteiger partial charge in [-0.2, -0.15) is 0 Å². The predicted molar refractivity (Wildman–Crippen MR) is 390 cm³/mol. The molecule has 18 atom stereocenters. The maximum Gasteiger partial charge on any atom is 0.326 e. The van der Waals surface area contributed by atoms with Crippen molar-refractivity contribution in [2.24, 2.45) is 47.3 Å². The van der Waals surface area contributed by atoms with Crippen molar-refractivity contribution >= 4 is 58.9 Å². The molecule has 0 unspecified atom stereocenters. The molecule has 4 aliphatic heterocycles. The van der Waals surface area contributed by atoms with Gasteiger partial charge in [0, 0.05) is 119 Å². The number of amides is 6. The number of hydrogen-bond acceptors (Lipinski definition) is 16. The Kier molecular flexibility index (Phi) is 34.9. The summed E-state index contributed by atoms with van der Waals surface area (Å²) in [6.07, 6.45) is 1.08. The maximum absolute atomic E-state index is 15.3. The van der Waals surface area contributed by atoms with Gasteiger partial charge in [0.1, 0.15) is 12.1 Å². The van der Waals surface area contributed by atoms with Crippen molar-refractivity contribution in [3.63, 3.8) is 0 Å². The van der Waals surface area contributed by atoms with E-state index in [4.69, 9.17) is 18.9 Å². The molecule has 0 radical (unpaired) electrons. The fourth-order valence-electron chi connectivity index (χ4n) is 15.6. The number of carboxylic acids is 2. The number of alkyl halides is 2. The van der Waals surface area contributed by atoms with Crippen LogP contribution in [0.2, 0.25) is 0 Å². The highest BCUT2D eigenvalue weighted by Gasteiger charge is 2.49. The third-order valence-electron chi connectivity index (χ3n) is 22.6. The van der Waals surface area contributed by atoms with E-state index in [1.807, 2.05) is 91.8 Å². The van der Waals surface area contributed by atoms with Crippen molar-refractivity contribution in [1.29, 1.82) is 0 Å². The number of rotatable bonds is 40. The molecule has 6 rings (SSSR count). The number of carbonyl (C=O) groups is 10. The van der Waals surface area contributed by atoms with E-state index >= 15 is 8.78 Å². The SMILES string of the molecule is CC[C@H](C)[C@@H]([C@@H](CC(=O)N1CCC[C@H]1[C@H](OC)[C@@H](C)C(=O)N[C@@H](Cc1ccccc1)C(=O)O)OC)N(C)C(=O)[C@@H](CC(=O)[C@@]1(F)CCNC1)C(C)C.CC[C@H](C)[C@@H]([C@@H](CC(=O)N1CCC[C@H]1[C@H](OC)[C@@H](C)C(=O)N[C@@H](Cc1ccccc1)C(=O)O)OC)N(C)C(=O)[C@@H](CC(=O)[C@]1(F)CCNC1)C(C)C. The summed E-state index contributed by atoms with van der Waals surface area (Å²) >= 11 is 0. The number of carbonyl (C=O) groups excluding carboxylic acids is 8. The zero-order valence-electron chi connectivity index (χ0n) is 64.5. The van der Waals surface area contributed by atoms with Crippen molar-refractivity contribution in [3.8, 4) is 0 Å². The number of carboxylic acid groups (broad SMARTS) is 2. The molecule has 4 saturated heterocycles. The number of benzene rings is 2. The molecule has 24 nitrogen and oxygen atoms in total. The van der Waals surface area contributed by atoms with Crippen LogP contribution in [0, 0.1) is 47.3 Å². The molecule has 2 aromatic carbocycles. The molecular formula is C78H122F2N8O16. The van der Waals surface area contributed by atoms with Gasteiger partial charge in [0.2, 0.25) is 35.4 Å². The molecule has 584 valence electrons. The molecule has 0 aliphatic carbocycles. The monoisotopic (exact) mass is 1460 g/mol. The summed E-state index contributed by atoms with van der Waals surface area (Å²) in [4.78, 5) is 140. The fourth-order valence-corrected chi connectivity index (χ4v) is 15.6. The number of aliphatic carboxylic acids is 2. The number of nitrogens with one attached hydrogen (secondary N) is 4. The summed E-state index contributed by atoms with van der Waals surface area (Å²) in [7, 11) is 9.31. The van der Waals surface area contributed by atoms with Crippen molar-refractivity contribution < 1.29 is 85.9 Å².